The van der Waals surface area contributed by atoms with Gasteiger partial charge in [0.05, 0.1) is 25.9 Å². The maximum absolute atomic E-state index is 13.1. The lowest BCUT2D eigenvalue weighted by atomic mass is 9.88. The third kappa shape index (κ3) is 2.66. The summed E-state index contributed by atoms with van der Waals surface area (Å²) in [6.45, 7) is 6.36. The maximum Gasteiger partial charge on any atom is 0.256 e. The van der Waals surface area contributed by atoms with E-state index in [4.69, 9.17) is 4.74 Å². The van der Waals surface area contributed by atoms with Crippen LogP contribution < -0.4 is 4.74 Å². The van der Waals surface area contributed by atoms with Crippen LogP contribution in [0.2, 0.25) is 0 Å². The zero-order valence-electron chi connectivity index (χ0n) is 15.2. The van der Waals surface area contributed by atoms with E-state index in [0.717, 1.165) is 28.0 Å². The lowest BCUT2D eigenvalue weighted by molar-refractivity contribution is 0.0743. The number of amides is 1. The fourth-order valence-electron chi connectivity index (χ4n) is 3.62. The zero-order valence-corrected chi connectivity index (χ0v) is 15.2. The predicted octanol–water partition coefficient (Wildman–Crippen LogP) is 3.08. The van der Waals surface area contributed by atoms with Crippen molar-refractivity contribution in [2.75, 3.05) is 7.11 Å². The molecule has 1 unspecified atom stereocenters. The summed E-state index contributed by atoms with van der Waals surface area (Å²) in [5.41, 5.74) is 4.12. The molecule has 1 atom stereocenters. The van der Waals surface area contributed by atoms with Crippen LogP contribution in [-0.2, 0) is 13.6 Å². The van der Waals surface area contributed by atoms with Gasteiger partial charge in [-0.1, -0.05) is 13.8 Å². The summed E-state index contributed by atoms with van der Waals surface area (Å²) in [5, 5.41) is 14.0. The summed E-state index contributed by atoms with van der Waals surface area (Å²) >= 11 is 0. The summed E-state index contributed by atoms with van der Waals surface area (Å²) < 4.78 is 7.24. The van der Waals surface area contributed by atoms with Crippen molar-refractivity contribution in [2.45, 2.75) is 39.3 Å². The second kappa shape index (κ2) is 6.25. The Morgan fingerprint density at radius 1 is 1.44 bits per heavy atom. The second-order valence-electron chi connectivity index (χ2n) is 6.74. The number of nitriles is 1. The van der Waals surface area contributed by atoms with Gasteiger partial charge in [-0.05, 0) is 24.5 Å². The van der Waals surface area contributed by atoms with E-state index >= 15 is 0 Å². The van der Waals surface area contributed by atoms with Gasteiger partial charge in [-0.3, -0.25) is 9.48 Å². The van der Waals surface area contributed by atoms with Gasteiger partial charge in [0, 0.05) is 35.5 Å². The van der Waals surface area contributed by atoms with Crippen molar-refractivity contribution < 1.29 is 9.53 Å². The summed E-state index contributed by atoms with van der Waals surface area (Å²) in [7, 11) is 3.45. The lowest BCUT2D eigenvalue weighted by Gasteiger charge is -2.22. The van der Waals surface area contributed by atoms with E-state index in [0.29, 0.717) is 12.1 Å². The Bertz CT molecular complexity index is 876. The highest BCUT2D eigenvalue weighted by atomic mass is 16.5. The van der Waals surface area contributed by atoms with Crippen LogP contribution in [0, 0.1) is 18.3 Å². The Morgan fingerprint density at radius 2 is 2.16 bits per heavy atom. The molecule has 0 fully saturated rings. The third-order valence-electron chi connectivity index (χ3n) is 4.66. The quantitative estimate of drug-likeness (QED) is 0.859. The van der Waals surface area contributed by atoms with Crippen LogP contribution in [0.1, 0.15) is 58.4 Å². The number of benzene rings is 1. The first-order valence-electron chi connectivity index (χ1n) is 8.28. The van der Waals surface area contributed by atoms with Gasteiger partial charge >= 0.3 is 0 Å². The van der Waals surface area contributed by atoms with Gasteiger partial charge in [0.2, 0.25) is 0 Å². The summed E-state index contributed by atoms with van der Waals surface area (Å²) in [6, 6.07) is 3.60. The monoisotopic (exact) mass is 338 g/mol. The summed E-state index contributed by atoms with van der Waals surface area (Å²) in [4.78, 5) is 14.7. The van der Waals surface area contributed by atoms with Gasteiger partial charge in [-0.2, -0.15) is 10.4 Å². The molecule has 0 aliphatic carbocycles. The van der Waals surface area contributed by atoms with Crippen LogP contribution in [0.3, 0.4) is 0 Å². The SMILES string of the molecule is COc1cc(C)c2c(c1C(C)C)C(C#N)N(Cc1cnn(C)c1)C2=O. The van der Waals surface area contributed by atoms with Crippen LogP contribution in [0.4, 0.5) is 0 Å². The van der Waals surface area contributed by atoms with Crippen molar-refractivity contribution in [3.8, 4) is 11.8 Å². The van der Waals surface area contributed by atoms with Crippen molar-refractivity contribution >= 4 is 5.91 Å². The lowest BCUT2D eigenvalue weighted by Crippen LogP contribution is -2.27. The number of rotatable bonds is 4. The molecule has 0 N–H and O–H groups in total. The molecule has 130 valence electrons. The highest BCUT2D eigenvalue weighted by Gasteiger charge is 2.41. The molecule has 0 saturated carbocycles. The zero-order chi connectivity index (χ0) is 18.3. The standard InChI is InChI=1S/C19H22N4O2/c1-11(2)16-15(25-5)6-12(3)17-18(16)14(7-20)23(19(17)24)10-13-8-21-22(4)9-13/h6,8-9,11,14H,10H2,1-5H3. The molecule has 1 amide bonds. The molecule has 2 heterocycles. The van der Waals surface area contributed by atoms with Gasteiger partial charge in [-0.15, -0.1) is 0 Å². The molecule has 1 aliphatic rings. The minimum atomic E-state index is -0.617. The van der Waals surface area contributed by atoms with Crippen LogP contribution in [0.15, 0.2) is 18.5 Å². The number of aryl methyl sites for hydroxylation is 2. The maximum atomic E-state index is 13.1. The van der Waals surface area contributed by atoms with E-state index in [1.807, 2.05) is 26.2 Å². The van der Waals surface area contributed by atoms with Gasteiger partial charge in [0.15, 0.2) is 0 Å². The first-order chi connectivity index (χ1) is 11.9. The molecule has 1 aromatic carbocycles. The van der Waals surface area contributed by atoms with E-state index in [-0.39, 0.29) is 11.8 Å². The van der Waals surface area contributed by atoms with Crippen LogP contribution in [0.5, 0.6) is 5.75 Å². The molecule has 0 saturated heterocycles. The van der Waals surface area contributed by atoms with Gasteiger partial charge in [0.1, 0.15) is 11.8 Å². The molecule has 1 aliphatic heterocycles. The number of nitrogens with zero attached hydrogens (tertiary/aromatic N) is 4. The van der Waals surface area contributed by atoms with Crippen molar-refractivity contribution in [3.63, 3.8) is 0 Å². The Hall–Kier alpha value is -2.81. The molecule has 0 spiro atoms. The van der Waals surface area contributed by atoms with Crippen LogP contribution >= 0.6 is 0 Å². The van der Waals surface area contributed by atoms with Gasteiger partial charge in [-0.25, -0.2) is 0 Å². The molecule has 25 heavy (non-hydrogen) atoms. The number of methoxy groups -OCH3 is 1. The Balaban J connectivity index is 2.15. The van der Waals surface area contributed by atoms with E-state index in [2.05, 4.69) is 25.0 Å². The number of hydrogen-bond acceptors (Lipinski definition) is 4. The van der Waals surface area contributed by atoms with Crippen molar-refractivity contribution in [2.24, 2.45) is 7.05 Å². The van der Waals surface area contributed by atoms with Gasteiger partial charge < -0.3 is 9.64 Å². The number of hydrogen-bond donors (Lipinski definition) is 0. The van der Waals surface area contributed by atoms with Crippen molar-refractivity contribution in [1.82, 2.24) is 14.7 Å². The van der Waals surface area contributed by atoms with E-state index in [1.165, 1.54) is 0 Å². The third-order valence-corrected chi connectivity index (χ3v) is 4.66. The average molecular weight is 338 g/mol. The first kappa shape index (κ1) is 17.0. The Morgan fingerprint density at radius 3 is 2.68 bits per heavy atom. The molecule has 6 heteroatoms. The van der Waals surface area contributed by atoms with E-state index in [1.54, 1.807) is 22.9 Å². The predicted molar refractivity (Wildman–Crippen MR) is 93.3 cm³/mol. The minimum absolute atomic E-state index is 0.104. The molecule has 1 aromatic heterocycles. The number of ether oxygens (including phenoxy) is 1. The molecule has 6 nitrogen and oxygen atoms in total. The molecular weight excluding hydrogens is 316 g/mol. The highest BCUT2D eigenvalue weighted by Crippen LogP contribution is 2.44. The normalized spacial score (nSPS) is 16.3. The number of carbonyl (C=O) groups is 1. The summed E-state index contributed by atoms with van der Waals surface area (Å²) in [5.74, 6) is 0.779. The van der Waals surface area contributed by atoms with Crippen LogP contribution in [-0.4, -0.2) is 27.7 Å². The smallest absolute Gasteiger partial charge is 0.256 e. The number of aromatic nitrogens is 2. The van der Waals surface area contributed by atoms with E-state index < -0.39 is 6.04 Å². The fraction of sp³-hybridized carbons (Fsp3) is 0.421. The molecule has 0 radical (unpaired) electrons. The Labute approximate surface area is 147 Å². The second-order valence-corrected chi connectivity index (χ2v) is 6.74. The summed E-state index contributed by atoms with van der Waals surface area (Å²) in [6.07, 6.45) is 3.59. The van der Waals surface area contributed by atoms with E-state index in [9.17, 15) is 10.1 Å². The number of carbonyl (C=O) groups excluding carboxylic acids is 1. The minimum Gasteiger partial charge on any atom is -0.496 e. The molecule has 3 rings (SSSR count). The average Bonchev–Trinajstić information content (AvgIpc) is 3.09. The largest absolute Gasteiger partial charge is 0.496 e. The fourth-order valence-corrected chi connectivity index (χ4v) is 3.62. The topological polar surface area (TPSA) is 71.2 Å². The van der Waals surface area contributed by atoms with Crippen molar-refractivity contribution in [1.29, 1.82) is 5.26 Å². The first-order valence-corrected chi connectivity index (χ1v) is 8.28. The highest BCUT2D eigenvalue weighted by molar-refractivity contribution is 6.02. The molecule has 0 bridgehead atoms. The van der Waals surface area contributed by atoms with Crippen LogP contribution in [0.25, 0.3) is 0 Å². The molecule has 2 aromatic rings. The number of fused-ring (bicyclic) bond motifs is 1. The Kier molecular flexibility index (Phi) is 4.25. The van der Waals surface area contributed by atoms with Crippen molar-refractivity contribution in [3.05, 3.63) is 46.3 Å². The molecular formula is C19H22N4O2. The van der Waals surface area contributed by atoms with Gasteiger partial charge in [0.25, 0.3) is 5.91 Å².